The summed E-state index contributed by atoms with van der Waals surface area (Å²) in [6.07, 6.45) is 0.624. The number of fused-ring (bicyclic) bond motifs is 1. The summed E-state index contributed by atoms with van der Waals surface area (Å²) in [7, 11) is 1.52. The van der Waals surface area contributed by atoms with Crippen molar-refractivity contribution < 1.29 is 14.3 Å². The molecule has 0 saturated carbocycles. The lowest BCUT2D eigenvalue weighted by molar-refractivity contribution is 0.0935. The third-order valence-corrected chi connectivity index (χ3v) is 4.93. The van der Waals surface area contributed by atoms with E-state index in [1.54, 1.807) is 23.0 Å². The maximum atomic E-state index is 12.5. The van der Waals surface area contributed by atoms with Gasteiger partial charge in [0.15, 0.2) is 11.2 Å². The number of nitrogens with zero attached hydrogens (tertiary/aromatic N) is 3. The Morgan fingerprint density at radius 3 is 2.81 bits per heavy atom. The van der Waals surface area contributed by atoms with E-state index in [4.69, 9.17) is 9.15 Å². The van der Waals surface area contributed by atoms with Gasteiger partial charge < -0.3 is 24.1 Å². The zero-order chi connectivity index (χ0) is 22.0. The topological polar surface area (TPSA) is 127 Å². The highest BCUT2D eigenvalue weighted by Crippen LogP contribution is 2.19. The van der Waals surface area contributed by atoms with Crippen LogP contribution in [-0.2, 0) is 20.1 Å². The molecule has 3 heterocycles. The number of rotatable bonds is 8. The number of hydrogen-bond donors (Lipinski definition) is 3. The van der Waals surface area contributed by atoms with Crippen LogP contribution in [0.25, 0.3) is 11.2 Å². The Kier molecular flexibility index (Phi) is 5.63. The molecule has 31 heavy (non-hydrogen) atoms. The fourth-order valence-corrected chi connectivity index (χ4v) is 3.29. The van der Waals surface area contributed by atoms with Crippen LogP contribution in [0.15, 0.2) is 56.7 Å². The van der Waals surface area contributed by atoms with Gasteiger partial charge in [-0.1, -0.05) is 18.2 Å². The van der Waals surface area contributed by atoms with Crippen LogP contribution in [0.3, 0.4) is 0 Å². The molecular weight excluding hydrogens is 402 g/mol. The predicted molar refractivity (Wildman–Crippen MR) is 114 cm³/mol. The van der Waals surface area contributed by atoms with Crippen molar-refractivity contribution in [2.45, 2.75) is 26.1 Å². The van der Waals surface area contributed by atoms with Crippen molar-refractivity contribution in [1.29, 1.82) is 0 Å². The van der Waals surface area contributed by atoms with Gasteiger partial charge in [0, 0.05) is 7.05 Å². The summed E-state index contributed by atoms with van der Waals surface area (Å²) in [5, 5.41) is 13.7. The molecule has 10 heteroatoms. The summed E-state index contributed by atoms with van der Waals surface area (Å²) in [5.74, 6) is 1.67. The van der Waals surface area contributed by atoms with E-state index in [2.05, 4.69) is 15.3 Å². The minimum Gasteiger partial charge on any atom is -0.491 e. The van der Waals surface area contributed by atoms with Crippen molar-refractivity contribution in [3.63, 3.8) is 0 Å². The molecule has 0 fully saturated rings. The van der Waals surface area contributed by atoms with Gasteiger partial charge in [0.25, 0.3) is 5.56 Å². The first-order valence-corrected chi connectivity index (χ1v) is 9.76. The van der Waals surface area contributed by atoms with Crippen LogP contribution in [0.1, 0.15) is 11.3 Å². The molecule has 0 aliphatic carbocycles. The van der Waals surface area contributed by atoms with Gasteiger partial charge >= 0.3 is 5.69 Å². The highest BCUT2D eigenvalue weighted by Gasteiger charge is 2.20. The highest BCUT2D eigenvalue weighted by atomic mass is 16.5. The first-order valence-electron chi connectivity index (χ1n) is 9.76. The van der Waals surface area contributed by atoms with E-state index in [1.807, 2.05) is 31.2 Å². The average molecular weight is 425 g/mol. The van der Waals surface area contributed by atoms with E-state index in [-0.39, 0.29) is 24.3 Å². The van der Waals surface area contributed by atoms with Crippen molar-refractivity contribution in [1.82, 2.24) is 19.1 Å². The molecule has 0 amide bonds. The monoisotopic (exact) mass is 425 g/mol. The molecule has 10 nitrogen and oxygen atoms in total. The number of aromatic amines is 1. The van der Waals surface area contributed by atoms with Gasteiger partial charge in [-0.15, -0.1) is 0 Å². The van der Waals surface area contributed by atoms with Crippen molar-refractivity contribution in [2.75, 3.05) is 11.9 Å². The molecule has 0 spiro atoms. The van der Waals surface area contributed by atoms with E-state index in [9.17, 15) is 14.7 Å². The number of aliphatic hydroxyl groups is 1. The van der Waals surface area contributed by atoms with E-state index in [0.717, 1.165) is 5.56 Å². The van der Waals surface area contributed by atoms with Crippen LogP contribution in [0, 0.1) is 6.92 Å². The van der Waals surface area contributed by atoms with Crippen LogP contribution >= 0.6 is 0 Å². The van der Waals surface area contributed by atoms with E-state index < -0.39 is 17.4 Å². The Labute approximate surface area is 176 Å². The molecule has 0 bridgehead atoms. The summed E-state index contributed by atoms with van der Waals surface area (Å²) >= 11 is 0. The lowest BCUT2D eigenvalue weighted by atomic mass is 10.2. The predicted octanol–water partition coefficient (Wildman–Crippen LogP) is 1.38. The molecular formula is C21H23N5O5. The second-order valence-corrected chi connectivity index (χ2v) is 7.20. The summed E-state index contributed by atoms with van der Waals surface area (Å²) < 4.78 is 13.9. The number of H-pyrrole nitrogens is 1. The summed E-state index contributed by atoms with van der Waals surface area (Å²) in [5.41, 5.74) is 0.198. The lowest BCUT2D eigenvalue weighted by Crippen LogP contribution is -2.31. The van der Waals surface area contributed by atoms with Gasteiger partial charge in [-0.3, -0.25) is 14.3 Å². The number of nitrogens with one attached hydrogen (secondary N) is 2. The first-order chi connectivity index (χ1) is 14.9. The second-order valence-electron chi connectivity index (χ2n) is 7.20. The SMILES string of the molecule is Cc1ccccc1OC[C@@H](O)Cn1c(NCc2ccco2)nc2c1c(=O)[nH]c(=O)n2C. The molecule has 0 unspecified atom stereocenters. The van der Waals surface area contributed by atoms with E-state index in [0.29, 0.717) is 24.0 Å². The van der Waals surface area contributed by atoms with Gasteiger partial charge in [0.1, 0.15) is 24.2 Å². The van der Waals surface area contributed by atoms with Crippen LogP contribution < -0.4 is 21.3 Å². The van der Waals surface area contributed by atoms with Gasteiger partial charge in [0.2, 0.25) is 5.95 Å². The zero-order valence-corrected chi connectivity index (χ0v) is 17.2. The number of para-hydroxylation sites is 1. The van der Waals surface area contributed by atoms with Crippen molar-refractivity contribution >= 4 is 17.1 Å². The van der Waals surface area contributed by atoms with Crippen LogP contribution in [-0.4, -0.2) is 36.9 Å². The third-order valence-electron chi connectivity index (χ3n) is 4.93. The van der Waals surface area contributed by atoms with Crippen molar-refractivity contribution in [3.8, 4) is 5.75 Å². The molecule has 3 N–H and O–H groups in total. The number of imidazole rings is 1. The number of aromatic nitrogens is 4. The number of aliphatic hydroxyl groups excluding tert-OH is 1. The molecule has 0 aliphatic rings. The van der Waals surface area contributed by atoms with E-state index >= 15 is 0 Å². The van der Waals surface area contributed by atoms with Gasteiger partial charge in [-0.25, -0.2) is 4.79 Å². The molecule has 4 aromatic rings. The molecule has 4 rings (SSSR count). The number of anilines is 1. The summed E-state index contributed by atoms with van der Waals surface area (Å²) in [4.78, 5) is 31.2. The van der Waals surface area contributed by atoms with Gasteiger partial charge in [0.05, 0.1) is 19.4 Å². The minimum absolute atomic E-state index is 0.0197. The lowest BCUT2D eigenvalue weighted by Gasteiger charge is -2.16. The molecule has 0 radical (unpaired) electrons. The highest BCUT2D eigenvalue weighted by molar-refractivity contribution is 5.74. The molecule has 3 aromatic heterocycles. The average Bonchev–Trinajstić information content (AvgIpc) is 3.38. The molecule has 0 saturated heterocycles. The Hall–Kier alpha value is -3.79. The molecule has 1 atom stereocenters. The first kappa shape index (κ1) is 20.5. The summed E-state index contributed by atoms with van der Waals surface area (Å²) in [6.45, 7) is 2.29. The molecule has 162 valence electrons. The summed E-state index contributed by atoms with van der Waals surface area (Å²) in [6, 6.07) is 11.1. The quantitative estimate of drug-likeness (QED) is 0.389. The normalized spacial score (nSPS) is 12.2. The van der Waals surface area contributed by atoms with Crippen molar-refractivity contribution in [3.05, 3.63) is 74.8 Å². The molecule has 1 aromatic carbocycles. The smallest absolute Gasteiger partial charge is 0.329 e. The maximum Gasteiger partial charge on any atom is 0.329 e. The third kappa shape index (κ3) is 4.24. The minimum atomic E-state index is -0.933. The van der Waals surface area contributed by atoms with Crippen LogP contribution in [0.4, 0.5) is 5.95 Å². The standard InChI is InChI=1S/C21H23N5O5/c1-13-6-3-4-8-16(13)31-12-14(27)11-26-17-18(25(2)21(29)24-19(17)28)23-20(26)22-10-15-7-5-9-30-15/h3-9,14,27H,10-12H2,1-2H3,(H,22,23)(H,24,28,29)/t14-/m0/s1. The largest absolute Gasteiger partial charge is 0.491 e. The van der Waals surface area contributed by atoms with Gasteiger partial charge in [-0.05, 0) is 30.7 Å². The fraction of sp³-hybridized carbons (Fsp3) is 0.286. The van der Waals surface area contributed by atoms with Crippen LogP contribution in [0.2, 0.25) is 0 Å². The number of hydrogen-bond acceptors (Lipinski definition) is 7. The maximum absolute atomic E-state index is 12.5. The number of furan rings is 1. The van der Waals surface area contributed by atoms with E-state index in [1.165, 1.54) is 11.6 Å². The molecule has 0 aliphatic heterocycles. The zero-order valence-electron chi connectivity index (χ0n) is 17.2. The Bertz CT molecular complexity index is 1300. The Balaban J connectivity index is 1.63. The number of aryl methyl sites for hydroxylation is 2. The van der Waals surface area contributed by atoms with Crippen LogP contribution in [0.5, 0.6) is 5.75 Å². The Morgan fingerprint density at radius 2 is 2.06 bits per heavy atom. The Morgan fingerprint density at radius 1 is 1.26 bits per heavy atom. The number of ether oxygens (including phenoxy) is 1. The van der Waals surface area contributed by atoms with Gasteiger partial charge in [-0.2, -0.15) is 4.98 Å². The number of benzene rings is 1. The fourth-order valence-electron chi connectivity index (χ4n) is 3.29. The van der Waals surface area contributed by atoms with Crippen molar-refractivity contribution in [2.24, 2.45) is 7.05 Å². The second kappa shape index (κ2) is 8.52.